The van der Waals surface area contributed by atoms with Gasteiger partial charge in [0.1, 0.15) is 0 Å². The normalized spacial score (nSPS) is 10.6. The van der Waals surface area contributed by atoms with Crippen LogP contribution in [0.3, 0.4) is 0 Å². The molecule has 0 atom stereocenters. The van der Waals surface area contributed by atoms with Gasteiger partial charge in [-0.25, -0.2) is 4.98 Å². The lowest BCUT2D eigenvalue weighted by atomic mass is 10.3. The first-order valence-corrected chi connectivity index (χ1v) is 6.43. The molecule has 0 radical (unpaired) electrons. The summed E-state index contributed by atoms with van der Waals surface area (Å²) in [6, 6.07) is 0. The van der Waals surface area contributed by atoms with Crippen LogP contribution in [0.1, 0.15) is 29.3 Å². The molecule has 0 fully saturated rings. The van der Waals surface area contributed by atoms with Gasteiger partial charge in [0.15, 0.2) is 12.4 Å². The van der Waals surface area contributed by atoms with Crippen molar-refractivity contribution in [2.45, 2.75) is 33.3 Å². The summed E-state index contributed by atoms with van der Waals surface area (Å²) in [5.41, 5.74) is 0.724. The second-order valence-corrected chi connectivity index (χ2v) is 4.72. The van der Waals surface area contributed by atoms with E-state index in [2.05, 4.69) is 15.1 Å². The topological polar surface area (TPSA) is 78.1 Å². The number of nitrogens with zero attached hydrogens (tertiary/aromatic N) is 3. The van der Waals surface area contributed by atoms with E-state index >= 15 is 0 Å². The van der Waals surface area contributed by atoms with Crippen molar-refractivity contribution in [2.24, 2.45) is 0 Å². The van der Waals surface area contributed by atoms with Crippen LogP contribution < -0.4 is 0 Å². The quantitative estimate of drug-likeness (QED) is 0.767. The molecule has 96 valence electrons. The maximum atomic E-state index is 11.5. The maximum absolute atomic E-state index is 11.5. The molecule has 0 spiro atoms. The van der Waals surface area contributed by atoms with Gasteiger partial charge in [0, 0.05) is 11.8 Å². The van der Waals surface area contributed by atoms with Crippen LogP contribution in [0.2, 0.25) is 0 Å². The highest BCUT2D eigenvalue weighted by molar-refractivity contribution is 7.09. The Kier molecular flexibility index (Phi) is 4.03. The Labute approximate surface area is 108 Å². The average molecular weight is 267 g/mol. The van der Waals surface area contributed by atoms with Crippen LogP contribution in [-0.4, -0.2) is 21.1 Å². The van der Waals surface area contributed by atoms with E-state index < -0.39 is 0 Å². The van der Waals surface area contributed by atoms with Crippen molar-refractivity contribution in [1.29, 1.82) is 0 Å². The van der Waals surface area contributed by atoms with Gasteiger partial charge < -0.3 is 9.26 Å². The van der Waals surface area contributed by atoms with Crippen molar-refractivity contribution < 1.29 is 14.1 Å². The molecule has 0 bridgehead atoms. The molecule has 0 N–H and O–H groups in total. The smallest absolute Gasteiger partial charge is 0.312 e. The van der Waals surface area contributed by atoms with Crippen LogP contribution in [0, 0.1) is 6.92 Å². The molecule has 2 aromatic heterocycles. The first-order chi connectivity index (χ1) is 8.67. The highest BCUT2D eigenvalue weighted by Crippen LogP contribution is 2.09. The SMILES string of the molecule is CCc1noc(COC(=O)Cc2csc(C)n2)n1. The predicted molar refractivity (Wildman–Crippen MR) is 64.0 cm³/mol. The number of carbonyl (C=O) groups excluding carboxylic acids is 1. The number of rotatable bonds is 5. The number of thiazole rings is 1. The fourth-order valence-electron chi connectivity index (χ4n) is 1.32. The van der Waals surface area contributed by atoms with Crippen LogP contribution in [0.4, 0.5) is 0 Å². The molecule has 0 aromatic carbocycles. The van der Waals surface area contributed by atoms with E-state index in [4.69, 9.17) is 9.26 Å². The number of carbonyl (C=O) groups is 1. The fraction of sp³-hybridized carbons (Fsp3) is 0.455. The Bertz CT molecular complexity index is 535. The highest BCUT2D eigenvalue weighted by Gasteiger charge is 2.11. The molecule has 0 aliphatic rings. The molecule has 6 nitrogen and oxygen atoms in total. The third kappa shape index (κ3) is 3.36. The van der Waals surface area contributed by atoms with Crippen molar-refractivity contribution >= 4 is 17.3 Å². The van der Waals surface area contributed by atoms with Crippen molar-refractivity contribution in [3.8, 4) is 0 Å². The van der Waals surface area contributed by atoms with Crippen LogP contribution in [0.5, 0.6) is 0 Å². The number of hydrogen-bond donors (Lipinski definition) is 0. The predicted octanol–water partition coefficient (Wildman–Crippen LogP) is 1.68. The molecule has 0 aliphatic carbocycles. The van der Waals surface area contributed by atoms with Gasteiger partial charge >= 0.3 is 5.97 Å². The Morgan fingerprint density at radius 1 is 1.50 bits per heavy atom. The summed E-state index contributed by atoms with van der Waals surface area (Å²) in [6.45, 7) is 3.82. The lowest BCUT2D eigenvalue weighted by Crippen LogP contribution is -2.08. The van der Waals surface area contributed by atoms with E-state index in [-0.39, 0.29) is 19.0 Å². The zero-order valence-electron chi connectivity index (χ0n) is 10.2. The van der Waals surface area contributed by atoms with Crippen LogP contribution in [-0.2, 0) is 29.0 Å². The molecular weight excluding hydrogens is 254 g/mol. The summed E-state index contributed by atoms with van der Waals surface area (Å²) in [7, 11) is 0. The summed E-state index contributed by atoms with van der Waals surface area (Å²) in [4.78, 5) is 19.8. The average Bonchev–Trinajstić information content (AvgIpc) is 2.95. The second kappa shape index (κ2) is 5.72. The van der Waals surface area contributed by atoms with Crippen molar-refractivity contribution in [3.05, 3.63) is 27.8 Å². The molecule has 0 saturated carbocycles. The van der Waals surface area contributed by atoms with Crippen LogP contribution in [0.15, 0.2) is 9.90 Å². The van der Waals surface area contributed by atoms with E-state index in [0.717, 1.165) is 10.7 Å². The highest BCUT2D eigenvalue weighted by atomic mass is 32.1. The zero-order chi connectivity index (χ0) is 13.0. The van der Waals surface area contributed by atoms with E-state index in [1.807, 2.05) is 19.2 Å². The van der Waals surface area contributed by atoms with E-state index in [9.17, 15) is 4.79 Å². The summed E-state index contributed by atoms with van der Waals surface area (Å²) in [6.07, 6.45) is 0.856. The summed E-state index contributed by atoms with van der Waals surface area (Å²) < 4.78 is 9.94. The first kappa shape index (κ1) is 12.7. The first-order valence-electron chi connectivity index (χ1n) is 5.55. The van der Waals surface area contributed by atoms with Gasteiger partial charge in [0.05, 0.1) is 17.1 Å². The third-order valence-corrected chi connectivity index (χ3v) is 3.00. The summed E-state index contributed by atoms with van der Waals surface area (Å²) in [5.74, 6) is 0.572. The van der Waals surface area contributed by atoms with E-state index in [0.29, 0.717) is 18.1 Å². The minimum Gasteiger partial charge on any atom is -0.455 e. The minimum atomic E-state index is -0.350. The lowest BCUT2D eigenvalue weighted by molar-refractivity contribution is -0.144. The number of hydrogen-bond acceptors (Lipinski definition) is 7. The number of esters is 1. The van der Waals surface area contributed by atoms with Crippen LogP contribution in [0.25, 0.3) is 0 Å². The molecule has 0 amide bonds. The Morgan fingerprint density at radius 3 is 2.94 bits per heavy atom. The van der Waals surface area contributed by atoms with Gasteiger partial charge in [-0.1, -0.05) is 12.1 Å². The molecule has 0 unspecified atom stereocenters. The van der Waals surface area contributed by atoms with Crippen molar-refractivity contribution in [1.82, 2.24) is 15.1 Å². The monoisotopic (exact) mass is 267 g/mol. The summed E-state index contributed by atoms with van der Waals surface area (Å²) >= 11 is 1.51. The van der Waals surface area contributed by atoms with E-state index in [1.54, 1.807) is 0 Å². The minimum absolute atomic E-state index is 0.00888. The maximum Gasteiger partial charge on any atom is 0.312 e. The van der Waals surface area contributed by atoms with Crippen molar-refractivity contribution in [3.63, 3.8) is 0 Å². The third-order valence-electron chi connectivity index (χ3n) is 2.18. The number of aromatic nitrogens is 3. The number of aryl methyl sites for hydroxylation is 2. The van der Waals surface area contributed by atoms with E-state index in [1.165, 1.54) is 11.3 Å². The molecule has 2 rings (SSSR count). The Hall–Kier alpha value is -1.76. The molecule has 0 aliphatic heterocycles. The van der Waals surface area contributed by atoms with Gasteiger partial charge in [-0.15, -0.1) is 11.3 Å². The molecule has 2 aromatic rings. The lowest BCUT2D eigenvalue weighted by Gasteiger charge is -1.99. The molecular formula is C11H13N3O3S. The Balaban J connectivity index is 1.81. The molecule has 0 saturated heterocycles. The standard InChI is InChI=1S/C11H13N3O3S/c1-3-9-13-10(17-14-9)5-16-11(15)4-8-6-18-7(2)12-8/h6H,3-5H2,1-2H3. The fourth-order valence-corrected chi connectivity index (χ4v) is 1.94. The molecule has 7 heteroatoms. The van der Waals surface area contributed by atoms with Gasteiger partial charge in [0.25, 0.3) is 5.89 Å². The Morgan fingerprint density at radius 2 is 2.33 bits per heavy atom. The van der Waals surface area contributed by atoms with Gasteiger partial charge in [-0.2, -0.15) is 4.98 Å². The largest absolute Gasteiger partial charge is 0.455 e. The molecule has 18 heavy (non-hydrogen) atoms. The van der Waals surface area contributed by atoms with Gasteiger partial charge in [0.2, 0.25) is 0 Å². The van der Waals surface area contributed by atoms with Gasteiger partial charge in [-0.05, 0) is 6.92 Å². The zero-order valence-corrected chi connectivity index (χ0v) is 11.0. The van der Waals surface area contributed by atoms with Crippen molar-refractivity contribution in [2.75, 3.05) is 0 Å². The van der Waals surface area contributed by atoms with Gasteiger partial charge in [-0.3, -0.25) is 4.79 Å². The second-order valence-electron chi connectivity index (χ2n) is 3.65. The molecule has 2 heterocycles. The van der Waals surface area contributed by atoms with Crippen LogP contribution >= 0.6 is 11.3 Å². The summed E-state index contributed by atoms with van der Waals surface area (Å²) in [5, 5.41) is 6.49. The number of ether oxygens (including phenoxy) is 1.